The van der Waals surface area contributed by atoms with Crippen LogP contribution in [-0.4, -0.2) is 54.7 Å². The predicted octanol–water partition coefficient (Wildman–Crippen LogP) is 0.627. The molecular formula is C15H27N3O2. The van der Waals surface area contributed by atoms with Gasteiger partial charge in [-0.15, -0.1) is 0 Å². The Kier molecular flexibility index (Phi) is 4.29. The highest BCUT2D eigenvalue weighted by atomic mass is 16.5. The third-order valence-corrected chi connectivity index (χ3v) is 5.03. The summed E-state index contributed by atoms with van der Waals surface area (Å²) in [5.41, 5.74) is 5.30. The molecule has 0 aromatic rings. The van der Waals surface area contributed by atoms with Gasteiger partial charge in [0.15, 0.2) is 0 Å². The largest absolute Gasteiger partial charge is 0.380 e. The van der Waals surface area contributed by atoms with Crippen molar-refractivity contribution in [1.29, 1.82) is 0 Å². The molecule has 1 heterocycles. The number of nitrogens with zero attached hydrogens (tertiary/aromatic N) is 1. The number of hydrogen-bond donors (Lipinski definition) is 2. The molecule has 2 atom stereocenters. The average molecular weight is 281 g/mol. The monoisotopic (exact) mass is 281 g/mol. The van der Waals surface area contributed by atoms with Crippen LogP contribution in [0.3, 0.4) is 0 Å². The maximum atomic E-state index is 12.1. The second kappa shape index (κ2) is 6.00. The molecule has 0 aromatic heterocycles. The SMILES string of the molecule is NC(=O)C1(NC2CC2)CCCC(N2CCCOCC2)C1. The van der Waals surface area contributed by atoms with Gasteiger partial charge in [-0.3, -0.25) is 9.69 Å². The van der Waals surface area contributed by atoms with Crippen LogP contribution in [0.2, 0.25) is 0 Å². The first-order valence-corrected chi connectivity index (χ1v) is 8.09. The molecule has 5 nitrogen and oxygen atoms in total. The Labute approximate surface area is 121 Å². The van der Waals surface area contributed by atoms with Crippen molar-refractivity contribution < 1.29 is 9.53 Å². The number of amides is 1. The van der Waals surface area contributed by atoms with Crippen molar-refractivity contribution in [3.63, 3.8) is 0 Å². The molecular weight excluding hydrogens is 254 g/mol. The molecule has 0 spiro atoms. The van der Waals surface area contributed by atoms with Gasteiger partial charge in [-0.05, 0) is 44.9 Å². The number of nitrogens with one attached hydrogen (secondary N) is 1. The fourth-order valence-electron chi connectivity index (χ4n) is 3.73. The number of nitrogens with two attached hydrogens (primary N) is 1. The quantitative estimate of drug-likeness (QED) is 0.793. The van der Waals surface area contributed by atoms with Gasteiger partial charge in [0, 0.05) is 31.8 Å². The van der Waals surface area contributed by atoms with E-state index in [4.69, 9.17) is 10.5 Å². The molecule has 1 amide bonds. The fraction of sp³-hybridized carbons (Fsp3) is 0.933. The van der Waals surface area contributed by atoms with Gasteiger partial charge in [-0.1, -0.05) is 0 Å². The first kappa shape index (κ1) is 14.3. The standard InChI is InChI=1S/C15H27N3O2/c16-14(19)15(17-12-4-5-12)6-1-3-13(11-15)18-7-2-9-20-10-8-18/h12-13,17H,1-11H2,(H2,16,19). The van der Waals surface area contributed by atoms with E-state index in [0.717, 1.165) is 52.0 Å². The minimum absolute atomic E-state index is 0.153. The number of carbonyl (C=O) groups is 1. The van der Waals surface area contributed by atoms with Gasteiger partial charge >= 0.3 is 0 Å². The fourth-order valence-corrected chi connectivity index (χ4v) is 3.73. The Hall–Kier alpha value is -0.650. The lowest BCUT2D eigenvalue weighted by atomic mass is 9.77. The van der Waals surface area contributed by atoms with Gasteiger partial charge in [0.1, 0.15) is 0 Å². The molecule has 20 heavy (non-hydrogen) atoms. The zero-order valence-electron chi connectivity index (χ0n) is 12.3. The number of ether oxygens (including phenoxy) is 1. The van der Waals surface area contributed by atoms with Crippen LogP contribution in [0.15, 0.2) is 0 Å². The zero-order valence-corrected chi connectivity index (χ0v) is 12.3. The maximum Gasteiger partial charge on any atom is 0.237 e. The Bertz CT molecular complexity index is 351. The predicted molar refractivity (Wildman–Crippen MR) is 77.3 cm³/mol. The zero-order chi connectivity index (χ0) is 14.0. The Morgan fingerprint density at radius 1 is 1.20 bits per heavy atom. The molecule has 0 bridgehead atoms. The molecule has 1 saturated heterocycles. The smallest absolute Gasteiger partial charge is 0.237 e. The Balaban J connectivity index is 1.67. The van der Waals surface area contributed by atoms with E-state index >= 15 is 0 Å². The molecule has 3 rings (SSSR count). The molecule has 2 aliphatic carbocycles. The first-order valence-electron chi connectivity index (χ1n) is 8.09. The molecule has 1 aliphatic heterocycles. The lowest BCUT2D eigenvalue weighted by Crippen LogP contribution is -2.61. The van der Waals surface area contributed by atoms with E-state index in [1.807, 2.05) is 0 Å². The average Bonchev–Trinajstić information content (AvgIpc) is 3.25. The highest BCUT2D eigenvalue weighted by molar-refractivity contribution is 5.85. The van der Waals surface area contributed by atoms with Crippen molar-refractivity contribution in [1.82, 2.24) is 10.2 Å². The summed E-state index contributed by atoms with van der Waals surface area (Å²) in [6.07, 6.45) is 7.52. The van der Waals surface area contributed by atoms with Crippen LogP contribution in [0.1, 0.15) is 44.9 Å². The third-order valence-electron chi connectivity index (χ3n) is 5.03. The Morgan fingerprint density at radius 2 is 2.05 bits per heavy atom. The minimum atomic E-state index is -0.461. The van der Waals surface area contributed by atoms with Crippen LogP contribution in [0.25, 0.3) is 0 Å². The summed E-state index contributed by atoms with van der Waals surface area (Å²) in [7, 11) is 0. The number of primary amides is 1. The second-order valence-electron chi connectivity index (χ2n) is 6.62. The van der Waals surface area contributed by atoms with Crippen LogP contribution in [0.5, 0.6) is 0 Å². The minimum Gasteiger partial charge on any atom is -0.380 e. The molecule has 3 fully saturated rings. The van der Waals surface area contributed by atoms with E-state index in [0.29, 0.717) is 12.1 Å². The number of carbonyl (C=O) groups excluding carboxylic acids is 1. The summed E-state index contributed by atoms with van der Waals surface area (Å²) in [4.78, 5) is 14.6. The van der Waals surface area contributed by atoms with Crippen LogP contribution >= 0.6 is 0 Å². The van der Waals surface area contributed by atoms with Crippen molar-refractivity contribution >= 4 is 5.91 Å². The normalized spacial score (nSPS) is 36.5. The molecule has 114 valence electrons. The van der Waals surface area contributed by atoms with Gasteiger partial charge in [0.25, 0.3) is 0 Å². The van der Waals surface area contributed by atoms with Gasteiger partial charge in [-0.25, -0.2) is 0 Å². The van der Waals surface area contributed by atoms with Crippen molar-refractivity contribution in [2.45, 2.75) is 62.6 Å². The first-order chi connectivity index (χ1) is 9.70. The molecule has 0 aromatic carbocycles. The van der Waals surface area contributed by atoms with Gasteiger partial charge in [0.05, 0.1) is 12.1 Å². The third kappa shape index (κ3) is 3.15. The molecule has 2 unspecified atom stereocenters. The van der Waals surface area contributed by atoms with Gasteiger partial charge < -0.3 is 15.8 Å². The van der Waals surface area contributed by atoms with Crippen molar-refractivity contribution in [2.75, 3.05) is 26.3 Å². The van der Waals surface area contributed by atoms with Crippen molar-refractivity contribution in [3.05, 3.63) is 0 Å². The van der Waals surface area contributed by atoms with E-state index in [2.05, 4.69) is 10.2 Å². The summed E-state index contributed by atoms with van der Waals surface area (Å²) < 4.78 is 5.54. The molecule has 2 saturated carbocycles. The summed E-state index contributed by atoms with van der Waals surface area (Å²) in [5.74, 6) is -0.153. The number of rotatable bonds is 4. The van der Waals surface area contributed by atoms with Crippen LogP contribution < -0.4 is 11.1 Å². The summed E-state index contributed by atoms with van der Waals surface area (Å²) in [6.45, 7) is 3.76. The maximum absolute atomic E-state index is 12.1. The van der Waals surface area contributed by atoms with Crippen LogP contribution in [0, 0.1) is 0 Å². The topological polar surface area (TPSA) is 67.6 Å². The molecule has 3 N–H and O–H groups in total. The Morgan fingerprint density at radius 3 is 2.80 bits per heavy atom. The lowest BCUT2D eigenvalue weighted by Gasteiger charge is -2.43. The van der Waals surface area contributed by atoms with E-state index in [1.54, 1.807) is 0 Å². The molecule has 5 heteroatoms. The summed E-state index contributed by atoms with van der Waals surface area (Å²) in [6, 6.07) is 0.998. The second-order valence-corrected chi connectivity index (χ2v) is 6.62. The van der Waals surface area contributed by atoms with Crippen LogP contribution in [-0.2, 0) is 9.53 Å². The molecule has 3 aliphatic rings. The summed E-state index contributed by atoms with van der Waals surface area (Å²) in [5, 5.41) is 3.56. The highest BCUT2D eigenvalue weighted by Crippen LogP contribution is 2.34. The van der Waals surface area contributed by atoms with E-state index in [-0.39, 0.29) is 5.91 Å². The van der Waals surface area contributed by atoms with Gasteiger partial charge in [-0.2, -0.15) is 0 Å². The summed E-state index contributed by atoms with van der Waals surface area (Å²) >= 11 is 0. The lowest BCUT2D eigenvalue weighted by molar-refractivity contribution is -0.126. The van der Waals surface area contributed by atoms with Crippen molar-refractivity contribution in [2.24, 2.45) is 5.73 Å². The van der Waals surface area contributed by atoms with E-state index < -0.39 is 5.54 Å². The van der Waals surface area contributed by atoms with E-state index in [1.165, 1.54) is 19.3 Å². The van der Waals surface area contributed by atoms with Gasteiger partial charge in [0.2, 0.25) is 5.91 Å². The molecule has 0 radical (unpaired) electrons. The van der Waals surface area contributed by atoms with Crippen molar-refractivity contribution in [3.8, 4) is 0 Å². The highest BCUT2D eigenvalue weighted by Gasteiger charge is 2.45. The number of hydrogen-bond acceptors (Lipinski definition) is 4. The van der Waals surface area contributed by atoms with E-state index in [9.17, 15) is 4.79 Å². The van der Waals surface area contributed by atoms with Crippen LogP contribution in [0.4, 0.5) is 0 Å².